The topological polar surface area (TPSA) is 71.7 Å². The summed E-state index contributed by atoms with van der Waals surface area (Å²) in [4.78, 5) is 15.6. The Morgan fingerprint density at radius 1 is 0.707 bits per heavy atom. The second kappa shape index (κ2) is 15.1. The van der Waals surface area contributed by atoms with Crippen molar-refractivity contribution in [3.8, 4) is 6.07 Å². The summed E-state index contributed by atoms with van der Waals surface area (Å²) in [7, 11) is 0. The van der Waals surface area contributed by atoms with Gasteiger partial charge in [-0.1, -0.05) is 78.0 Å². The molecule has 0 amide bonds. The molecule has 294 valence electrons. The number of aromatic nitrogens is 3. The largest absolute Gasteiger partial charge is 0.490 e. The molecule has 5 atom stereocenters. The lowest BCUT2D eigenvalue weighted by atomic mass is 9.53. The maximum atomic E-state index is 9.54. The average Bonchev–Trinajstić information content (AvgIpc) is 3.59. The van der Waals surface area contributed by atoms with E-state index in [1.54, 1.807) is 27.9 Å². The summed E-state index contributed by atoms with van der Waals surface area (Å²) in [6.45, 7) is 0. The van der Waals surface area contributed by atoms with Crippen LogP contribution in [0.5, 0.6) is 0 Å². The lowest BCUT2D eigenvalue weighted by Gasteiger charge is -2.54. The van der Waals surface area contributed by atoms with E-state index in [0.29, 0.717) is 29.6 Å². The van der Waals surface area contributed by atoms with Crippen molar-refractivity contribution in [1.29, 1.82) is 5.26 Å². The predicted molar refractivity (Wildman–Crippen MR) is 230 cm³/mol. The molecule has 58 heavy (non-hydrogen) atoms. The number of fused-ring (bicyclic) bond motifs is 7. The van der Waals surface area contributed by atoms with E-state index in [0.717, 1.165) is 100 Å². The van der Waals surface area contributed by atoms with Gasteiger partial charge in [0.25, 0.3) is 0 Å². The maximum Gasteiger partial charge on any atom is 0.163 e. The third-order valence-corrected chi connectivity index (χ3v) is 15.5. The Balaban J connectivity index is 0.923. The Hall–Kier alpha value is -4.82. The highest BCUT2D eigenvalue weighted by atomic mass is 16.5. The molecule has 8 aliphatic carbocycles. The molecule has 1 aromatic carbocycles. The number of nitriles is 1. The van der Waals surface area contributed by atoms with Crippen LogP contribution in [-0.2, 0) is 4.74 Å². The highest BCUT2D eigenvalue weighted by Crippen LogP contribution is 2.68. The maximum absolute atomic E-state index is 9.54. The Morgan fingerprint density at radius 3 is 2.33 bits per heavy atom. The monoisotopic (exact) mass is 764 g/mol. The summed E-state index contributed by atoms with van der Waals surface area (Å²) < 4.78 is 7.13. The van der Waals surface area contributed by atoms with Gasteiger partial charge in [-0.15, -0.1) is 0 Å². The van der Waals surface area contributed by atoms with Gasteiger partial charge in [0.05, 0.1) is 17.0 Å². The SMILES string of the molecule is N#Cc1ccc(C2C=CC3=C(C2)C2(C4=CCCC=C4OC4CCC(C5CCC(c6nc(C7=CCCC=C7)nc(C7CC=CCC7)n6)CC5)=CC42)C2=C3CCCC2)cc1. The van der Waals surface area contributed by atoms with Crippen LogP contribution in [0, 0.1) is 28.6 Å². The molecule has 9 aliphatic rings. The van der Waals surface area contributed by atoms with Crippen LogP contribution in [-0.4, -0.2) is 21.1 Å². The van der Waals surface area contributed by atoms with Gasteiger partial charge in [0, 0.05) is 34.8 Å². The minimum absolute atomic E-state index is 0.118. The molecule has 5 nitrogen and oxygen atoms in total. The van der Waals surface area contributed by atoms with Crippen molar-refractivity contribution in [3.05, 3.63) is 153 Å². The molecule has 1 saturated carbocycles. The molecule has 0 N–H and O–H groups in total. The highest BCUT2D eigenvalue weighted by molar-refractivity contribution is 5.71. The van der Waals surface area contributed by atoms with Crippen LogP contribution in [0.4, 0.5) is 0 Å². The first-order valence-electron chi connectivity index (χ1n) is 22.9. The third kappa shape index (κ3) is 6.11. The quantitative estimate of drug-likeness (QED) is 0.284. The van der Waals surface area contributed by atoms with Crippen LogP contribution in [0.25, 0.3) is 5.57 Å². The van der Waals surface area contributed by atoms with Crippen LogP contribution >= 0.6 is 0 Å². The molecule has 2 fully saturated rings. The highest BCUT2D eigenvalue weighted by Gasteiger charge is 2.60. The first-order chi connectivity index (χ1) is 28.7. The van der Waals surface area contributed by atoms with E-state index in [1.165, 1.54) is 61.0 Å². The molecular weight excluding hydrogens is 709 g/mol. The summed E-state index contributed by atoms with van der Waals surface area (Å²) in [6, 6.07) is 10.7. The average molecular weight is 765 g/mol. The van der Waals surface area contributed by atoms with Gasteiger partial charge in [0.1, 0.15) is 23.5 Å². The molecule has 1 aromatic heterocycles. The predicted octanol–water partition coefficient (Wildman–Crippen LogP) is 12.8. The molecule has 0 radical (unpaired) electrons. The van der Waals surface area contributed by atoms with Gasteiger partial charge in [-0.25, -0.2) is 15.0 Å². The van der Waals surface area contributed by atoms with E-state index < -0.39 is 0 Å². The number of nitrogens with zero attached hydrogens (tertiary/aromatic N) is 4. The zero-order valence-corrected chi connectivity index (χ0v) is 34.0. The molecule has 1 saturated heterocycles. The normalized spacial score (nSPS) is 32.5. The molecule has 5 heteroatoms. The Labute approximate surface area is 344 Å². The number of allylic oxidation sites excluding steroid dienone is 16. The first-order valence-corrected chi connectivity index (χ1v) is 22.9. The minimum Gasteiger partial charge on any atom is -0.490 e. The van der Waals surface area contributed by atoms with Crippen LogP contribution < -0.4 is 0 Å². The van der Waals surface area contributed by atoms with Crippen molar-refractivity contribution in [2.45, 2.75) is 139 Å². The van der Waals surface area contributed by atoms with Gasteiger partial charge in [-0.05, 0) is 162 Å². The van der Waals surface area contributed by atoms with Crippen molar-refractivity contribution < 1.29 is 4.74 Å². The number of ether oxygens (including phenoxy) is 1. The zero-order chi connectivity index (χ0) is 38.6. The second-order valence-electron chi connectivity index (χ2n) is 18.5. The second-order valence-corrected chi connectivity index (χ2v) is 18.5. The summed E-state index contributed by atoms with van der Waals surface area (Å²) in [6.07, 6.45) is 44.9. The van der Waals surface area contributed by atoms with Crippen molar-refractivity contribution in [2.24, 2.45) is 17.3 Å². The van der Waals surface area contributed by atoms with E-state index in [1.807, 2.05) is 12.1 Å². The van der Waals surface area contributed by atoms with Crippen molar-refractivity contribution in [1.82, 2.24) is 15.0 Å². The van der Waals surface area contributed by atoms with Gasteiger partial charge >= 0.3 is 0 Å². The van der Waals surface area contributed by atoms with E-state index in [4.69, 9.17) is 19.7 Å². The fraction of sp³-hybridized carbons (Fsp3) is 0.472. The van der Waals surface area contributed by atoms with Crippen molar-refractivity contribution in [3.63, 3.8) is 0 Å². The molecule has 2 heterocycles. The Kier molecular flexibility index (Phi) is 9.44. The standard InChI is InChI=1S/C53H56N4O/c54-33-34-19-21-35(22-20-34)40-27-29-43-42-15-7-8-16-44(42)53(46(43)31-40)45-17-9-10-18-48(45)58-49-30-28-41(32-47(49)53)36-23-25-39(26-24-36)52-56-50(37-11-3-1-4-12-37)55-51(57-52)38-13-5-2-6-14-38/h1,3,5,13-14,17-22,27,29,32,36-37,39-40,47,49H,2,4,6-12,15-16,23-26,28,30-31H2. The molecule has 1 aliphatic heterocycles. The van der Waals surface area contributed by atoms with Gasteiger partial charge in [0.2, 0.25) is 0 Å². The fourth-order valence-electron chi connectivity index (χ4n) is 12.6. The lowest BCUT2D eigenvalue weighted by molar-refractivity contribution is 0.00722. The van der Waals surface area contributed by atoms with Crippen LogP contribution in [0.1, 0.15) is 162 Å². The fourth-order valence-corrected chi connectivity index (χ4v) is 12.6. The van der Waals surface area contributed by atoms with Gasteiger partial charge in [-0.3, -0.25) is 0 Å². The number of benzene rings is 1. The number of hydrogen-bond donors (Lipinski definition) is 0. The van der Waals surface area contributed by atoms with E-state index >= 15 is 0 Å². The Morgan fingerprint density at radius 2 is 1.52 bits per heavy atom. The van der Waals surface area contributed by atoms with Crippen LogP contribution in [0.2, 0.25) is 0 Å². The van der Waals surface area contributed by atoms with E-state index in [2.05, 4.69) is 79.0 Å². The summed E-state index contributed by atoms with van der Waals surface area (Å²) in [5, 5.41) is 9.54. The molecule has 11 rings (SSSR count). The van der Waals surface area contributed by atoms with Gasteiger partial charge < -0.3 is 4.74 Å². The van der Waals surface area contributed by atoms with Crippen LogP contribution in [0.15, 0.2) is 124 Å². The lowest BCUT2D eigenvalue weighted by Crippen LogP contribution is -2.49. The van der Waals surface area contributed by atoms with Crippen molar-refractivity contribution >= 4 is 5.57 Å². The third-order valence-electron chi connectivity index (χ3n) is 15.5. The first kappa shape index (κ1) is 36.3. The number of hydrogen-bond acceptors (Lipinski definition) is 5. The summed E-state index contributed by atoms with van der Waals surface area (Å²) >= 11 is 0. The molecular formula is C53H56N4O. The van der Waals surface area contributed by atoms with E-state index in [-0.39, 0.29) is 11.5 Å². The smallest absolute Gasteiger partial charge is 0.163 e. The van der Waals surface area contributed by atoms with Gasteiger partial charge in [0.15, 0.2) is 5.82 Å². The summed E-state index contributed by atoms with van der Waals surface area (Å²) in [5.74, 6) is 6.13. The minimum atomic E-state index is -0.118. The van der Waals surface area contributed by atoms with E-state index in [9.17, 15) is 5.26 Å². The van der Waals surface area contributed by atoms with Gasteiger partial charge in [-0.2, -0.15) is 5.26 Å². The number of rotatable bonds is 5. The molecule has 1 spiro atoms. The van der Waals surface area contributed by atoms with Crippen molar-refractivity contribution in [2.75, 3.05) is 0 Å². The molecule has 2 aromatic rings. The molecule has 5 unspecified atom stereocenters. The van der Waals surface area contributed by atoms with Crippen LogP contribution in [0.3, 0.4) is 0 Å². The summed E-state index contributed by atoms with van der Waals surface area (Å²) in [5.41, 5.74) is 12.9. The molecule has 0 bridgehead atoms. The Bertz CT molecular complexity index is 2330. The zero-order valence-electron chi connectivity index (χ0n) is 34.0.